The van der Waals surface area contributed by atoms with Gasteiger partial charge in [-0.15, -0.1) is 0 Å². The second-order valence-electron chi connectivity index (χ2n) is 14.2. The van der Waals surface area contributed by atoms with Crippen molar-refractivity contribution >= 4 is 17.9 Å². The molecule has 0 spiro atoms. The number of rotatable bonds is 34. The van der Waals surface area contributed by atoms with Gasteiger partial charge in [0, 0.05) is 19.3 Å². The molecule has 0 aromatic heterocycles. The Morgan fingerprint density at radius 1 is 0.612 bits per heavy atom. The molecule has 0 N–H and O–H groups in total. The number of carbonyl (C=O) groups excluding carboxylic acids is 3. The molecule has 0 radical (unpaired) electrons. The van der Waals surface area contributed by atoms with Crippen molar-refractivity contribution in [3.05, 3.63) is 36.5 Å². The normalized spacial score (nSPS) is 13.4. The van der Waals surface area contributed by atoms with Crippen LogP contribution in [-0.4, -0.2) is 75.5 Å². The average Bonchev–Trinajstić information content (AvgIpc) is 3.05. The van der Waals surface area contributed by atoms with Crippen molar-refractivity contribution in [3.63, 3.8) is 0 Å². The summed E-state index contributed by atoms with van der Waals surface area (Å²) in [5.41, 5.74) is 0. The van der Waals surface area contributed by atoms with Gasteiger partial charge < -0.3 is 28.6 Å². The Morgan fingerprint density at radius 2 is 1.12 bits per heavy atom. The van der Waals surface area contributed by atoms with E-state index in [9.17, 15) is 19.5 Å². The number of hydrogen-bond donors (Lipinski definition) is 0. The standard InChI is InChI=1S/C41H73NO7/c1-6-8-10-12-14-16-18-19-20-21-22-24-26-28-30-32-40(44)49-37(35-47-34-33-38(41(45)46)42(3,4)5)36-48-39(43)31-29-27-25-23-17-15-13-11-9-7-2/h11,13-14,16,19-20,37-38H,6-10,12,15,17-18,21-36H2,1-5H3/b13-11-,16-14-,20-19-. The molecule has 2 atom stereocenters. The molecule has 0 aliphatic rings. The van der Waals surface area contributed by atoms with Crippen LogP contribution in [-0.2, 0) is 28.6 Å². The fourth-order valence-electron chi connectivity index (χ4n) is 5.40. The van der Waals surface area contributed by atoms with Crippen LogP contribution in [0.3, 0.4) is 0 Å². The van der Waals surface area contributed by atoms with Crippen LogP contribution in [0.15, 0.2) is 36.5 Å². The van der Waals surface area contributed by atoms with Crippen LogP contribution in [0.2, 0.25) is 0 Å². The minimum atomic E-state index is -1.13. The van der Waals surface area contributed by atoms with Gasteiger partial charge in [-0.2, -0.15) is 0 Å². The number of likely N-dealkylation sites (N-methyl/N-ethyl adjacent to an activating group) is 1. The Morgan fingerprint density at radius 3 is 1.67 bits per heavy atom. The maximum absolute atomic E-state index is 12.6. The van der Waals surface area contributed by atoms with Gasteiger partial charge in [-0.1, -0.05) is 108 Å². The van der Waals surface area contributed by atoms with E-state index in [1.54, 1.807) is 21.1 Å². The maximum atomic E-state index is 12.6. The first-order chi connectivity index (χ1) is 23.6. The van der Waals surface area contributed by atoms with Gasteiger partial charge in [0.05, 0.1) is 40.3 Å². The van der Waals surface area contributed by atoms with Crippen molar-refractivity contribution in [2.45, 2.75) is 167 Å². The molecule has 0 aromatic carbocycles. The number of aliphatic carboxylic acids is 1. The van der Waals surface area contributed by atoms with E-state index in [-0.39, 0.29) is 42.7 Å². The minimum Gasteiger partial charge on any atom is -0.544 e. The zero-order valence-corrected chi connectivity index (χ0v) is 32.1. The highest BCUT2D eigenvalue weighted by atomic mass is 16.6. The van der Waals surface area contributed by atoms with Crippen LogP contribution in [0.4, 0.5) is 0 Å². The van der Waals surface area contributed by atoms with E-state index in [0.29, 0.717) is 12.8 Å². The zero-order chi connectivity index (χ0) is 36.4. The number of ether oxygens (including phenoxy) is 3. The number of quaternary nitrogens is 1. The van der Waals surface area contributed by atoms with Crippen LogP contribution < -0.4 is 5.11 Å². The molecular formula is C41H73NO7. The summed E-state index contributed by atoms with van der Waals surface area (Å²) in [5, 5.41) is 11.6. The fraction of sp³-hybridized carbons (Fsp3) is 0.780. The molecule has 0 saturated carbocycles. The van der Waals surface area contributed by atoms with Gasteiger partial charge in [0.1, 0.15) is 12.6 Å². The predicted molar refractivity (Wildman–Crippen MR) is 199 cm³/mol. The number of carboxylic acid groups (broad SMARTS) is 1. The monoisotopic (exact) mass is 692 g/mol. The Balaban J connectivity index is 4.44. The van der Waals surface area contributed by atoms with Crippen molar-refractivity contribution in [3.8, 4) is 0 Å². The number of carbonyl (C=O) groups is 3. The number of unbranched alkanes of at least 4 members (excludes halogenated alkanes) is 14. The Labute approximate surface area is 300 Å². The molecule has 0 saturated heterocycles. The highest BCUT2D eigenvalue weighted by Gasteiger charge is 2.25. The molecule has 0 aromatic rings. The van der Waals surface area contributed by atoms with E-state index in [4.69, 9.17) is 14.2 Å². The van der Waals surface area contributed by atoms with Gasteiger partial charge in [0.15, 0.2) is 6.10 Å². The lowest BCUT2D eigenvalue weighted by molar-refractivity contribution is -0.889. The van der Waals surface area contributed by atoms with Crippen LogP contribution in [0.25, 0.3) is 0 Å². The molecule has 0 aliphatic heterocycles. The molecule has 0 amide bonds. The van der Waals surface area contributed by atoms with E-state index in [1.807, 2.05) is 0 Å². The zero-order valence-electron chi connectivity index (χ0n) is 32.1. The number of esters is 2. The van der Waals surface area contributed by atoms with E-state index >= 15 is 0 Å². The molecule has 284 valence electrons. The molecule has 0 aliphatic carbocycles. The van der Waals surface area contributed by atoms with Gasteiger partial charge in [0.25, 0.3) is 0 Å². The highest BCUT2D eigenvalue weighted by molar-refractivity contribution is 5.70. The number of nitrogens with zero attached hydrogens (tertiary/aromatic N) is 1. The molecular weight excluding hydrogens is 618 g/mol. The van der Waals surface area contributed by atoms with Crippen molar-refractivity contribution in [1.29, 1.82) is 0 Å². The first-order valence-corrected chi connectivity index (χ1v) is 19.5. The summed E-state index contributed by atoms with van der Waals surface area (Å²) in [6.45, 7) is 4.53. The summed E-state index contributed by atoms with van der Waals surface area (Å²) >= 11 is 0. The molecule has 0 rings (SSSR count). The molecule has 49 heavy (non-hydrogen) atoms. The Hall–Kier alpha value is -2.45. The third-order valence-electron chi connectivity index (χ3n) is 8.48. The quantitative estimate of drug-likeness (QED) is 0.0288. The average molecular weight is 692 g/mol. The first-order valence-electron chi connectivity index (χ1n) is 19.5. The smallest absolute Gasteiger partial charge is 0.306 e. The second-order valence-corrected chi connectivity index (χ2v) is 14.2. The summed E-state index contributed by atoms with van der Waals surface area (Å²) in [6.07, 6.45) is 34.5. The topological polar surface area (TPSA) is 102 Å². The molecule has 8 heteroatoms. The van der Waals surface area contributed by atoms with E-state index in [1.165, 1.54) is 38.5 Å². The van der Waals surface area contributed by atoms with E-state index in [0.717, 1.165) is 83.5 Å². The third-order valence-corrected chi connectivity index (χ3v) is 8.48. The van der Waals surface area contributed by atoms with E-state index in [2.05, 4.69) is 50.3 Å². The molecule has 0 heterocycles. The lowest BCUT2D eigenvalue weighted by Gasteiger charge is -2.34. The highest BCUT2D eigenvalue weighted by Crippen LogP contribution is 2.12. The van der Waals surface area contributed by atoms with Gasteiger partial charge in [0.2, 0.25) is 0 Å². The summed E-state index contributed by atoms with van der Waals surface area (Å²) in [7, 11) is 5.39. The van der Waals surface area contributed by atoms with Crippen LogP contribution in [0.1, 0.15) is 155 Å². The predicted octanol–water partition coefficient (Wildman–Crippen LogP) is 8.57. The van der Waals surface area contributed by atoms with Gasteiger partial charge >= 0.3 is 11.9 Å². The Kier molecular flexibility index (Phi) is 31.1. The molecule has 0 fully saturated rings. The van der Waals surface area contributed by atoms with Gasteiger partial charge in [-0.05, 0) is 64.2 Å². The molecule has 0 bridgehead atoms. The second kappa shape index (κ2) is 32.7. The molecule has 2 unspecified atom stereocenters. The maximum Gasteiger partial charge on any atom is 0.306 e. The summed E-state index contributed by atoms with van der Waals surface area (Å²) in [4.78, 5) is 36.6. The van der Waals surface area contributed by atoms with E-state index < -0.39 is 18.1 Å². The molecule has 8 nitrogen and oxygen atoms in total. The fourth-order valence-corrected chi connectivity index (χ4v) is 5.40. The summed E-state index contributed by atoms with van der Waals surface area (Å²) in [6, 6.07) is -0.727. The van der Waals surface area contributed by atoms with Crippen molar-refractivity contribution < 1.29 is 38.2 Å². The SMILES string of the molecule is CCC/C=C\CCCCCCCC(=O)OCC(COCCC(C(=O)[O-])[N+](C)(C)C)OC(=O)CCCCCCC/C=C\C/C=C\CCCCC. The largest absolute Gasteiger partial charge is 0.544 e. The lowest BCUT2D eigenvalue weighted by atomic mass is 10.1. The van der Waals surface area contributed by atoms with Crippen LogP contribution in [0.5, 0.6) is 0 Å². The first kappa shape index (κ1) is 46.5. The van der Waals surface area contributed by atoms with Crippen molar-refractivity contribution in [2.75, 3.05) is 41.0 Å². The summed E-state index contributed by atoms with van der Waals surface area (Å²) < 4.78 is 17.1. The third kappa shape index (κ3) is 31.3. The van der Waals surface area contributed by atoms with Gasteiger partial charge in [-0.3, -0.25) is 9.59 Å². The van der Waals surface area contributed by atoms with Crippen LogP contribution >= 0.6 is 0 Å². The van der Waals surface area contributed by atoms with Gasteiger partial charge in [-0.25, -0.2) is 0 Å². The lowest BCUT2D eigenvalue weighted by Crippen LogP contribution is -2.55. The number of hydrogen-bond acceptors (Lipinski definition) is 7. The Bertz CT molecular complexity index is 906. The minimum absolute atomic E-state index is 0.0325. The van der Waals surface area contributed by atoms with Crippen molar-refractivity contribution in [2.24, 2.45) is 0 Å². The number of allylic oxidation sites excluding steroid dienone is 6. The summed E-state index contributed by atoms with van der Waals surface area (Å²) in [5.74, 6) is -1.77. The van der Waals surface area contributed by atoms with Crippen LogP contribution in [0, 0.1) is 0 Å². The number of carboxylic acids is 1. The van der Waals surface area contributed by atoms with Crippen molar-refractivity contribution in [1.82, 2.24) is 0 Å².